The van der Waals surface area contributed by atoms with Crippen LogP contribution in [0.25, 0.3) is 0 Å². The minimum absolute atomic E-state index is 0.182. The molecule has 1 fully saturated rings. The maximum atomic E-state index is 11.9. The van der Waals surface area contributed by atoms with Gasteiger partial charge in [-0.25, -0.2) is 4.79 Å². The average molecular weight is 308 g/mol. The summed E-state index contributed by atoms with van der Waals surface area (Å²) < 4.78 is 5.24. The van der Waals surface area contributed by atoms with E-state index < -0.39 is 5.97 Å². The lowest BCUT2D eigenvalue weighted by Crippen LogP contribution is -2.10. The van der Waals surface area contributed by atoms with Crippen molar-refractivity contribution in [1.82, 2.24) is 0 Å². The molecule has 0 radical (unpaired) electrons. The third-order valence-corrected chi connectivity index (χ3v) is 4.37. The molecule has 2 rings (SSSR count). The molecular formula is C13H13Cl3O2. The molecule has 0 bridgehead atoms. The first-order valence-corrected chi connectivity index (χ1v) is 6.76. The number of hydrogen-bond donors (Lipinski definition) is 0. The van der Waals surface area contributed by atoms with E-state index in [-0.39, 0.29) is 21.0 Å². The molecule has 1 unspecified atom stereocenters. The van der Waals surface area contributed by atoms with Crippen molar-refractivity contribution in [3.8, 4) is 0 Å². The number of hydrogen-bond acceptors (Lipinski definition) is 2. The van der Waals surface area contributed by atoms with Gasteiger partial charge in [-0.15, -0.1) is 0 Å². The summed E-state index contributed by atoms with van der Waals surface area (Å²) in [6.45, 7) is 4.70. The Kier molecular flexibility index (Phi) is 3.82. The van der Waals surface area contributed by atoms with Gasteiger partial charge in [0.2, 0.25) is 0 Å². The summed E-state index contributed by atoms with van der Waals surface area (Å²) in [6.07, 6.45) is 1.07. The van der Waals surface area contributed by atoms with Gasteiger partial charge >= 0.3 is 5.97 Å². The second kappa shape index (κ2) is 4.92. The van der Waals surface area contributed by atoms with Crippen molar-refractivity contribution in [1.29, 1.82) is 0 Å². The summed E-state index contributed by atoms with van der Waals surface area (Å²) in [5.41, 5.74) is 0.489. The highest BCUT2D eigenvalue weighted by molar-refractivity contribution is 6.45. The number of benzene rings is 1. The molecule has 0 aromatic heterocycles. The van der Waals surface area contributed by atoms with E-state index in [4.69, 9.17) is 39.5 Å². The maximum absolute atomic E-state index is 11.9. The summed E-state index contributed by atoms with van der Waals surface area (Å²) in [6, 6.07) is 2.96. The van der Waals surface area contributed by atoms with Gasteiger partial charge in [-0.05, 0) is 29.9 Å². The molecule has 1 saturated carbocycles. The van der Waals surface area contributed by atoms with Gasteiger partial charge in [-0.3, -0.25) is 0 Å². The summed E-state index contributed by atoms with van der Waals surface area (Å²) in [7, 11) is 0. The first kappa shape index (κ1) is 14.0. The van der Waals surface area contributed by atoms with E-state index in [0.717, 1.165) is 6.42 Å². The third kappa shape index (κ3) is 2.93. The van der Waals surface area contributed by atoms with Crippen molar-refractivity contribution in [2.45, 2.75) is 20.3 Å². The van der Waals surface area contributed by atoms with Crippen LogP contribution in [0.15, 0.2) is 12.1 Å². The van der Waals surface area contributed by atoms with Gasteiger partial charge in [-0.1, -0.05) is 48.7 Å². The van der Waals surface area contributed by atoms with Gasteiger partial charge in [0.05, 0.1) is 22.2 Å². The summed E-state index contributed by atoms with van der Waals surface area (Å²) in [4.78, 5) is 11.9. The van der Waals surface area contributed by atoms with Gasteiger partial charge < -0.3 is 4.74 Å². The third-order valence-electron chi connectivity index (χ3n) is 3.35. The van der Waals surface area contributed by atoms with Crippen LogP contribution in [0.1, 0.15) is 30.6 Å². The number of halogens is 3. The molecule has 1 atom stereocenters. The average Bonchev–Trinajstić information content (AvgIpc) is 2.88. The Morgan fingerprint density at radius 3 is 2.56 bits per heavy atom. The van der Waals surface area contributed by atoms with Crippen LogP contribution in [0.4, 0.5) is 0 Å². The lowest BCUT2D eigenvalue weighted by atomic mass is 10.1. The SMILES string of the molecule is CC1(C)CC1COC(=O)c1cc(Cl)cc(Cl)c1Cl. The standard InChI is InChI=1S/C13H13Cl3O2/c1-13(2)5-7(13)6-18-12(17)9-3-8(14)4-10(15)11(9)16/h3-4,7H,5-6H2,1-2H3. The minimum Gasteiger partial charge on any atom is -0.462 e. The van der Waals surface area contributed by atoms with Crippen LogP contribution >= 0.6 is 34.8 Å². The molecule has 1 aliphatic carbocycles. The van der Waals surface area contributed by atoms with Crippen molar-refractivity contribution in [2.75, 3.05) is 6.61 Å². The molecule has 1 aliphatic rings. The van der Waals surface area contributed by atoms with E-state index in [0.29, 0.717) is 17.5 Å². The minimum atomic E-state index is -0.480. The number of carbonyl (C=O) groups is 1. The number of esters is 1. The molecule has 0 aliphatic heterocycles. The Morgan fingerprint density at radius 2 is 2.00 bits per heavy atom. The Hall–Kier alpha value is -0.440. The summed E-state index contributed by atoms with van der Waals surface area (Å²) in [5, 5.41) is 0.798. The van der Waals surface area contributed by atoms with E-state index in [2.05, 4.69) is 13.8 Å². The van der Waals surface area contributed by atoms with Gasteiger partial charge in [0.1, 0.15) is 0 Å². The molecule has 2 nitrogen and oxygen atoms in total. The zero-order valence-electron chi connectivity index (χ0n) is 10.1. The highest BCUT2D eigenvalue weighted by atomic mass is 35.5. The van der Waals surface area contributed by atoms with Gasteiger partial charge in [0, 0.05) is 5.02 Å². The Balaban J connectivity index is 2.05. The van der Waals surface area contributed by atoms with Crippen LogP contribution in [0.5, 0.6) is 0 Å². The second-order valence-corrected chi connectivity index (χ2v) is 6.46. The highest BCUT2D eigenvalue weighted by Gasteiger charge is 2.46. The van der Waals surface area contributed by atoms with Gasteiger partial charge in [0.25, 0.3) is 0 Å². The lowest BCUT2D eigenvalue weighted by molar-refractivity contribution is 0.0473. The zero-order valence-corrected chi connectivity index (χ0v) is 12.4. The first-order valence-electron chi connectivity index (χ1n) is 5.63. The molecule has 18 heavy (non-hydrogen) atoms. The predicted molar refractivity (Wildman–Crippen MR) is 73.6 cm³/mol. The second-order valence-electron chi connectivity index (χ2n) is 5.24. The molecule has 5 heteroatoms. The fraction of sp³-hybridized carbons (Fsp3) is 0.462. The van der Waals surface area contributed by atoms with Crippen molar-refractivity contribution in [3.05, 3.63) is 32.8 Å². The lowest BCUT2D eigenvalue weighted by Gasteiger charge is -2.08. The van der Waals surface area contributed by atoms with E-state index in [1.54, 1.807) is 0 Å². The number of ether oxygens (including phenoxy) is 1. The largest absolute Gasteiger partial charge is 0.462 e. The van der Waals surface area contributed by atoms with E-state index >= 15 is 0 Å². The molecule has 0 spiro atoms. The van der Waals surface area contributed by atoms with Gasteiger partial charge in [0.15, 0.2) is 0 Å². The Morgan fingerprint density at radius 1 is 1.39 bits per heavy atom. The molecule has 0 amide bonds. The first-order chi connectivity index (χ1) is 8.31. The number of carbonyl (C=O) groups excluding carboxylic acids is 1. The Bertz CT molecular complexity index is 497. The molecule has 98 valence electrons. The van der Waals surface area contributed by atoms with Crippen molar-refractivity contribution < 1.29 is 9.53 Å². The van der Waals surface area contributed by atoms with Crippen molar-refractivity contribution in [2.24, 2.45) is 11.3 Å². The van der Waals surface area contributed by atoms with E-state index in [9.17, 15) is 4.79 Å². The normalized spacial score (nSPS) is 20.6. The molecule has 0 heterocycles. The maximum Gasteiger partial charge on any atom is 0.339 e. The summed E-state index contributed by atoms with van der Waals surface area (Å²) >= 11 is 17.7. The fourth-order valence-corrected chi connectivity index (χ4v) is 2.50. The topological polar surface area (TPSA) is 26.3 Å². The molecule has 0 saturated heterocycles. The van der Waals surface area contributed by atoms with Crippen molar-refractivity contribution in [3.63, 3.8) is 0 Å². The van der Waals surface area contributed by atoms with E-state index in [1.807, 2.05) is 0 Å². The molecule has 0 N–H and O–H groups in total. The monoisotopic (exact) mass is 306 g/mol. The zero-order chi connectivity index (χ0) is 13.5. The van der Waals surface area contributed by atoms with Crippen LogP contribution in [-0.4, -0.2) is 12.6 Å². The van der Waals surface area contributed by atoms with Gasteiger partial charge in [-0.2, -0.15) is 0 Å². The van der Waals surface area contributed by atoms with Crippen LogP contribution in [0.2, 0.25) is 15.1 Å². The van der Waals surface area contributed by atoms with Crippen molar-refractivity contribution >= 4 is 40.8 Å². The predicted octanol–water partition coefficient (Wildman–Crippen LogP) is 4.85. The fourth-order valence-electron chi connectivity index (χ4n) is 1.82. The molecule has 1 aromatic rings. The van der Waals surface area contributed by atoms with Crippen LogP contribution in [-0.2, 0) is 4.74 Å². The van der Waals surface area contributed by atoms with E-state index in [1.165, 1.54) is 12.1 Å². The smallest absolute Gasteiger partial charge is 0.339 e. The molecular weight excluding hydrogens is 294 g/mol. The van der Waals surface area contributed by atoms with Crippen LogP contribution < -0.4 is 0 Å². The summed E-state index contributed by atoms with van der Waals surface area (Å²) in [5.74, 6) is -0.0537. The Labute approximate surface area is 121 Å². The van der Waals surface area contributed by atoms with Crippen LogP contribution in [0, 0.1) is 11.3 Å². The quantitative estimate of drug-likeness (QED) is 0.589. The van der Waals surface area contributed by atoms with Crippen LogP contribution in [0.3, 0.4) is 0 Å². The number of rotatable bonds is 3. The molecule has 1 aromatic carbocycles. The highest BCUT2D eigenvalue weighted by Crippen LogP contribution is 2.51.